The maximum absolute atomic E-state index is 9.29. The predicted octanol–water partition coefficient (Wildman–Crippen LogP) is 0.242. The molecule has 0 amide bonds. The second kappa shape index (κ2) is 5.25. The maximum atomic E-state index is 9.29. The Balaban J connectivity index is 2.35. The van der Waals surface area contributed by atoms with Gasteiger partial charge in [-0.3, -0.25) is 0 Å². The Bertz CT molecular complexity index is 191. The molecule has 1 fully saturated rings. The zero-order valence-corrected chi connectivity index (χ0v) is 9.99. The van der Waals surface area contributed by atoms with Gasteiger partial charge in [0.1, 0.15) is 0 Å². The maximum Gasteiger partial charge on any atom is 0.0607 e. The van der Waals surface area contributed by atoms with Gasteiger partial charge in [-0.2, -0.15) is 0 Å². The summed E-state index contributed by atoms with van der Waals surface area (Å²) >= 11 is 0. The Morgan fingerprint density at radius 1 is 1.53 bits per heavy atom. The Hall–Kier alpha value is -0.160. The Kier molecular flexibility index (Phi) is 4.52. The van der Waals surface area contributed by atoms with Crippen LogP contribution in [0.4, 0.5) is 0 Å². The highest BCUT2D eigenvalue weighted by molar-refractivity contribution is 5.03. The molecule has 1 rings (SSSR count). The van der Waals surface area contributed by atoms with E-state index in [1.165, 1.54) is 0 Å². The fourth-order valence-electron chi connectivity index (χ4n) is 2.42. The van der Waals surface area contributed by atoms with Gasteiger partial charge in [-0.25, -0.2) is 0 Å². The molecule has 1 aliphatic carbocycles. The zero-order valence-electron chi connectivity index (χ0n) is 9.99. The highest BCUT2D eigenvalue weighted by Crippen LogP contribution is 2.34. The van der Waals surface area contributed by atoms with Crippen molar-refractivity contribution in [2.75, 3.05) is 13.7 Å². The summed E-state index contributed by atoms with van der Waals surface area (Å²) in [7, 11) is 1.74. The van der Waals surface area contributed by atoms with Crippen molar-refractivity contribution in [1.82, 2.24) is 5.32 Å². The minimum absolute atomic E-state index is 0.0367. The van der Waals surface area contributed by atoms with E-state index in [1.807, 2.05) is 6.92 Å². The number of nitrogens with one attached hydrogen (secondary N) is 1. The lowest BCUT2D eigenvalue weighted by atomic mass is 9.73. The monoisotopic (exact) mass is 216 g/mol. The van der Waals surface area contributed by atoms with Gasteiger partial charge in [0.15, 0.2) is 0 Å². The van der Waals surface area contributed by atoms with Crippen molar-refractivity contribution in [2.45, 2.75) is 56.9 Å². The number of hydrogen-bond acceptors (Lipinski definition) is 4. The molecule has 90 valence electrons. The lowest BCUT2D eigenvalue weighted by Crippen LogP contribution is -2.64. The van der Waals surface area contributed by atoms with E-state index in [2.05, 4.69) is 12.2 Å². The second-order valence-corrected chi connectivity index (χ2v) is 4.88. The number of aliphatic hydroxyl groups is 1. The first-order valence-corrected chi connectivity index (χ1v) is 5.70. The first kappa shape index (κ1) is 12.9. The summed E-state index contributed by atoms with van der Waals surface area (Å²) in [5.41, 5.74) is 5.82. The first-order chi connectivity index (χ1) is 7.01. The average molecular weight is 216 g/mol. The van der Waals surface area contributed by atoms with E-state index in [0.29, 0.717) is 18.7 Å². The summed E-state index contributed by atoms with van der Waals surface area (Å²) < 4.78 is 5.26. The van der Waals surface area contributed by atoms with E-state index in [-0.39, 0.29) is 11.6 Å². The lowest BCUT2D eigenvalue weighted by Gasteiger charge is -2.48. The van der Waals surface area contributed by atoms with Crippen LogP contribution in [0, 0.1) is 0 Å². The van der Waals surface area contributed by atoms with Crippen molar-refractivity contribution in [3.63, 3.8) is 0 Å². The second-order valence-electron chi connectivity index (χ2n) is 4.88. The van der Waals surface area contributed by atoms with E-state index in [0.717, 1.165) is 19.3 Å². The molecule has 15 heavy (non-hydrogen) atoms. The molecule has 0 aromatic rings. The molecular formula is C11H24N2O2. The molecule has 4 nitrogen and oxygen atoms in total. The fraction of sp³-hybridized carbons (Fsp3) is 1.00. The summed E-state index contributed by atoms with van der Waals surface area (Å²) in [5.74, 6) is 0. The van der Waals surface area contributed by atoms with Crippen LogP contribution in [0.25, 0.3) is 0 Å². The number of ether oxygens (including phenoxy) is 1. The van der Waals surface area contributed by atoms with Crippen molar-refractivity contribution in [2.24, 2.45) is 5.73 Å². The normalized spacial score (nSPS) is 34.6. The summed E-state index contributed by atoms with van der Waals surface area (Å²) in [6, 6.07) is 0.298. The van der Waals surface area contributed by atoms with Gasteiger partial charge >= 0.3 is 0 Å². The van der Waals surface area contributed by atoms with Crippen LogP contribution in [-0.4, -0.2) is 42.5 Å². The van der Waals surface area contributed by atoms with Crippen molar-refractivity contribution >= 4 is 0 Å². The fourth-order valence-corrected chi connectivity index (χ4v) is 2.42. The number of rotatable bonds is 6. The zero-order chi connectivity index (χ0) is 11.5. The lowest BCUT2D eigenvalue weighted by molar-refractivity contribution is -0.0320. The molecule has 2 unspecified atom stereocenters. The molecule has 0 bridgehead atoms. The van der Waals surface area contributed by atoms with Gasteiger partial charge in [0, 0.05) is 25.2 Å². The minimum Gasteiger partial charge on any atom is -0.393 e. The van der Waals surface area contributed by atoms with Gasteiger partial charge in [0.25, 0.3) is 0 Å². The highest BCUT2D eigenvalue weighted by atomic mass is 16.5. The largest absolute Gasteiger partial charge is 0.393 e. The van der Waals surface area contributed by atoms with E-state index >= 15 is 0 Å². The molecule has 4 N–H and O–H groups in total. The Morgan fingerprint density at radius 3 is 2.53 bits per heavy atom. The van der Waals surface area contributed by atoms with Gasteiger partial charge in [-0.1, -0.05) is 0 Å². The predicted molar refractivity (Wildman–Crippen MR) is 60.7 cm³/mol. The van der Waals surface area contributed by atoms with Crippen LogP contribution in [0.2, 0.25) is 0 Å². The molecule has 1 aliphatic rings. The molecule has 0 heterocycles. The van der Waals surface area contributed by atoms with E-state index in [4.69, 9.17) is 10.5 Å². The Labute approximate surface area is 92.2 Å². The van der Waals surface area contributed by atoms with Crippen LogP contribution in [-0.2, 0) is 4.74 Å². The summed E-state index contributed by atoms with van der Waals surface area (Å²) in [5, 5.41) is 12.8. The first-order valence-electron chi connectivity index (χ1n) is 5.70. The van der Waals surface area contributed by atoms with Crippen LogP contribution in [0.15, 0.2) is 0 Å². The van der Waals surface area contributed by atoms with Gasteiger partial charge in [-0.15, -0.1) is 0 Å². The molecular weight excluding hydrogens is 192 g/mol. The number of nitrogens with two attached hydrogens (primary N) is 1. The van der Waals surface area contributed by atoms with E-state index in [9.17, 15) is 5.11 Å². The van der Waals surface area contributed by atoms with Crippen molar-refractivity contribution in [3.8, 4) is 0 Å². The van der Waals surface area contributed by atoms with Crippen LogP contribution < -0.4 is 11.1 Å². The third-order valence-corrected chi connectivity index (χ3v) is 3.21. The number of hydrogen-bond donors (Lipinski definition) is 3. The smallest absolute Gasteiger partial charge is 0.0607 e. The van der Waals surface area contributed by atoms with Gasteiger partial charge in [0.05, 0.1) is 12.2 Å². The number of methoxy groups -OCH3 is 1. The van der Waals surface area contributed by atoms with Gasteiger partial charge < -0.3 is 20.9 Å². The van der Waals surface area contributed by atoms with Crippen molar-refractivity contribution < 1.29 is 9.84 Å². The van der Waals surface area contributed by atoms with E-state index < -0.39 is 0 Å². The van der Waals surface area contributed by atoms with Crippen LogP contribution in [0.1, 0.15) is 33.1 Å². The molecule has 1 saturated carbocycles. The van der Waals surface area contributed by atoms with Crippen molar-refractivity contribution in [3.05, 3.63) is 0 Å². The topological polar surface area (TPSA) is 67.5 Å². The summed E-state index contributed by atoms with van der Waals surface area (Å²) in [6.45, 7) is 4.54. The molecule has 0 aliphatic heterocycles. The molecule has 0 aromatic heterocycles. The van der Waals surface area contributed by atoms with E-state index in [1.54, 1.807) is 7.11 Å². The SMILES string of the molecule is COC1CC(CN)(NC(C)CC(C)O)C1. The van der Waals surface area contributed by atoms with Crippen LogP contribution in [0.5, 0.6) is 0 Å². The Morgan fingerprint density at radius 2 is 2.13 bits per heavy atom. The van der Waals surface area contributed by atoms with Gasteiger partial charge in [-0.05, 0) is 33.1 Å². The standard InChI is InChI=1S/C11H24N2O2/c1-8(4-9(2)14)13-11(7-12)5-10(6-11)15-3/h8-10,13-14H,4-7,12H2,1-3H3. The average Bonchev–Trinajstić information content (AvgIpc) is 2.09. The highest BCUT2D eigenvalue weighted by Gasteiger charge is 2.43. The van der Waals surface area contributed by atoms with Crippen molar-refractivity contribution in [1.29, 1.82) is 0 Å². The molecule has 2 atom stereocenters. The summed E-state index contributed by atoms with van der Waals surface area (Å²) in [4.78, 5) is 0. The minimum atomic E-state index is -0.263. The molecule has 0 radical (unpaired) electrons. The molecule has 0 spiro atoms. The number of aliphatic hydroxyl groups excluding tert-OH is 1. The molecule has 0 aromatic carbocycles. The molecule has 0 saturated heterocycles. The molecule has 4 heteroatoms. The van der Waals surface area contributed by atoms with Gasteiger partial charge in [0.2, 0.25) is 0 Å². The summed E-state index contributed by atoms with van der Waals surface area (Å²) in [6.07, 6.45) is 2.80. The third kappa shape index (κ3) is 3.41. The quantitative estimate of drug-likeness (QED) is 0.595. The third-order valence-electron chi connectivity index (χ3n) is 3.21. The van der Waals surface area contributed by atoms with Crippen LogP contribution >= 0.6 is 0 Å². The van der Waals surface area contributed by atoms with Crippen LogP contribution in [0.3, 0.4) is 0 Å².